The molecule has 6 heteroatoms. The van der Waals surface area contributed by atoms with Gasteiger partial charge in [0.2, 0.25) is 13.9 Å². The van der Waals surface area contributed by atoms with Gasteiger partial charge in [-0.15, -0.1) is 0 Å². The second-order valence-electron chi connectivity index (χ2n) is 2.65. The summed E-state index contributed by atoms with van der Waals surface area (Å²) in [5.41, 5.74) is 0. The molecule has 1 aliphatic heterocycles. The third-order valence-electron chi connectivity index (χ3n) is 1.21. The molecule has 70 valence electrons. The molecular weight excluding hydrogens is 183 g/mol. The standard InChI is InChI=1S/C6H11O5P/c1-4(2)11-12(8)5-3-9-6(7)10-5/h4-5,12H,3H2,1-2H3. The van der Waals surface area contributed by atoms with E-state index in [0.29, 0.717) is 0 Å². The lowest BCUT2D eigenvalue weighted by Gasteiger charge is -2.09. The van der Waals surface area contributed by atoms with E-state index in [-0.39, 0.29) is 12.7 Å². The number of rotatable bonds is 3. The van der Waals surface area contributed by atoms with Crippen molar-refractivity contribution in [2.75, 3.05) is 6.61 Å². The fourth-order valence-corrected chi connectivity index (χ4v) is 1.78. The molecule has 0 saturated carbocycles. The minimum absolute atomic E-state index is 0.0311. The van der Waals surface area contributed by atoms with Crippen LogP contribution in [0.2, 0.25) is 0 Å². The van der Waals surface area contributed by atoms with Crippen LogP contribution in [0.3, 0.4) is 0 Å². The van der Waals surface area contributed by atoms with Crippen LogP contribution < -0.4 is 0 Å². The topological polar surface area (TPSA) is 61.8 Å². The van der Waals surface area contributed by atoms with Crippen molar-refractivity contribution in [1.82, 2.24) is 0 Å². The van der Waals surface area contributed by atoms with Crippen LogP contribution in [0.25, 0.3) is 0 Å². The maximum atomic E-state index is 11.2. The molecule has 0 radical (unpaired) electrons. The summed E-state index contributed by atoms with van der Waals surface area (Å²) in [6.07, 6.45) is -0.901. The lowest BCUT2D eigenvalue weighted by molar-refractivity contribution is 0.125. The predicted molar refractivity (Wildman–Crippen MR) is 41.4 cm³/mol. The van der Waals surface area contributed by atoms with Gasteiger partial charge in [0.15, 0.2) is 0 Å². The highest BCUT2D eigenvalue weighted by Gasteiger charge is 2.31. The molecule has 1 fully saturated rings. The van der Waals surface area contributed by atoms with Crippen molar-refractivity contribution in [2.45, 2.75) is 25.8 Å². The Bertz CT molecular complexity index is 202. The van der Waals surface area contributed by atoms with Crippen molar-refractivity contribution in [3.63, 3.8) is 0 Å². The summed E-state index contributed by atoms with van der Waals surface area (Å²) < 4.78 is 25.2. The van der Waals surface area contributed by atoms with Gasteiger partial charge in [0.1, 0.15) is 6.61 Å². The summed E-state index contributed by atoms with van der Waals surface area (Å²) in [5.74, 6) is -0.704. The van der Waals surface area contributed by atoms with E-state index in [2.05, 4.69) is 9.47 Å². The van der Waals surface area contributed by atoms with E-state index in [1.165, 1.54) is 0 Å². The van der Waals surface area contributed by atoms with Gasteiger partial charge in [-0.3, -0.25) is 4.57 Å². The number of hydrogen-bond acceptors (Lipinski definition) is 5. The van der Waals surface area contributed by atoms with Gasteiger partial charge in [-0.25, -0.2) is 4.79 Å². The molecule has 5 nitrogen and oxygen atoms in total. The zero-order chi connectivity index (χ0) is 9.14. The van der Waals surface area contributed by atoms with Crippen LogP contribution in [0, 0.1) is 0 Å². The first-order valence-corrected chi connectivity index (χ1v) is 5.03. The summed E-state index contributed by atoms with van der Waals surface area (Å²) in [6, 6.07) is 0. The molecule has 0 spiro atoms. The van der Waals surface area contributed by atoms with Crippen LogP contribution in [-0.2, 0) is 18.6 Å². The summed E-state index contributed by atoms with van der Waals surface area (Å²) in [5, 5.41) is 0. The van der Waals surface area contributed by atoms with Crippen LogP contribution in [0.5, 0.6) is 0 Å². The number of hydrogen-bond donors (Lipinski definition) is 0. The molecule has 0 aromatic rings. The minimum Gasteiger partial charge on any atom is -0.430 e. The highest BCUT2D eigenvalue weighted by Crippen LogP contribution is 2.34. The van der Waals surface area contributed by atoms with E-state index in [4.69, 9.17) is 4.52 Å². The summed E-state index contributed by atoms with van der Waals surface area (Å²) in [6.45, 7) is 3.56. The van der Waals surface area contributed by atoms with E-state index in [9.17, 15) is 9.36 Å². The Morgan fingerprint density at radius 2 is 2.33 bits per heavy atom. The summed E-state index contributed by atoms with van der Waals surface area (Å²) in [7, 11) is -2.32. The summed E-state index contributed by atoms with van der Waals surface area (Å²) >= 11 is 0. The van der Waals surface area contributed by atoms with Crippen LogP contribution in [0.4, 0.5) is 4.79 Å². The number of ether oxygens (including phenoxy) is 2. The van der Waals surface area contributed by atoms with Gasteiger partial charge in [-0.05, 0) is 13.8 Å². The molecule has 12 heavy (non-hydrogen) atoms. The van der Waals surface area contributed by atoms with Crippen molar-refractivity contribution in [2.24, 2.45) is 0 Å². The van der Waals surface area contributed by atoms with Gasteiger partial charge in [-0.1, -0.05) is 0 Å². The molecule has 1 saturated heterocycles. The highest BCUT2D eigenvalue weighted by atomic mass is 31.1. The number of carbonyl (C=O) groups excluding carboxylic acids is 1. The zero-order valence-corrected chi connectivity index (χ0v) is 7.90. The van der Waals surface area contributed by atoms with Crippen LogP contribution in [0.15, 0.2) is 0 Å². The molecule has 0 aromatic heterocycles. The van der Waals surface area contributed by atoms with Gasteiger partial charge in [-0.2, -0.15) is 0 Å². The SMILES string of the molecule is CC(C)O[PH](=O)C1COC(=O)O1. The van der Waals surface area contributed by atoms with Crippen molar-refractivity contribution >= 4 is 14.2 Å². The summed E-state index contributed by atoms with van der Waals surface area (Å²) in [4.78, 5) is 10.4. The Balaban J connectivity index is 2.38. The Morgan fingerprint density at radius 3 is 2.75 bits per heavy atom. The van der Waals surface area contributed by atoms with E-state index < -0.39 is 20.0 Å². The molecule has 0 bridgehead atoms. The van der Waals surface area contributed by atoms with E-state index in [0.717, 1.165) is 0 Å². The molecule has 2 unspecified atom stereocenters. The Kier molecular flexibility index (Phi) is 3.12. The largest absolute Gasteiger partial charge is 0.509 e. The molecule has 0 aliphatic carbocycles. The van der Waals surface area contributed by atoms with Crippen molar-refractivity contribution in [1.29, 1.82) is 0 Å². The van der Waals surface area contributed by atoms with Gasteiger partial charge in [0, 0.05) is 0 Å². The van der Waals surface area contributed by atoms with Crippen LogP contribution in [-0.4, -0.2) is 24.7 Å². The fraction of sp³-hybridized carbons (Fsp3) is 0.833. The van der Waals surface area contributed by atoms with Crippen molar-refractivity contribution in [3.8, 4) is 0 Å². The monoisotopic (exact) mass is 194 g/mol. The van der Waals surface area contributed by atoms with E-state index >= 15 is 0 Å². The highest BCUT2D eigenvalue weighted by molar-refractivity contribution is 7.39. The molecule has 0 aromatic carbocycles. The van der Waals surface area contributed by atoms with Crippen LogP contribution in [0.1, 0.15) is 13.8 Å². The Morgan fingerprint density at radius 1 is 1.67 bits per heavy atom. The van der Waals surface area contributed by atoms with E-state index in [1.807, 2.05) is 0 Å². The first-order chi connectivity index (χ1) is 5.59. The predicted octanol–water partition coefficient (Wildman–Crippen LogP) is 1.38. The average molecular weight is 194 g/mol. The smallest absolute Gasteiger partial charge is 0.430 e. The lowest BCUT2D eigenvalue weighted by atomic mass is 10.5. The van der Waals surface area contributed by atoms with Gasteiger partial charge in [0.25, 0.3) is 0 Å². The third kappa shape index (κ3) is 2.50. The molecule has 0 N–H and O–H groups in total. The van der Waals surface area contributed by atoms with Gasteiger partial charge < -0.3 is 14.0 Å². The first-order valence-electron chi connectivity index (χ1n) is 3.63. The van der Waals surface area contributed by atoms with E-state index in [1.54, 1.807) is 13.8 Å². The quantitative estimate of drug-likeness (QED) is 0.501. The maximum Gasteiger partial charge on any atom is 0.509 e. The molecule has 1 heterocycles. The zero-order valence-electron chi connectivity index (χ0n) is 6.90. The van der Waals surface area contributed by atoms with Gasteiger partial charge in [0.05, 0.1) is 6.10 Å². The average Bonchev–Trinajstić information content (AvgIpc) is 2.34. The van der Waals surface area contributed by atoms with Crippen LogP contribution >= 0.6 is 8.03 Å². The molecule has 0 amide bonds. The molecular formula is C6H11O5P. The van der Waals surface area contributed by atoms with Crippen molar-refractivity contribution < 1.29 is 23.4 Å². The maximum absolute atomic E-state index is 11.2. The molecule has 1 aliphatic rings. The Labute approximate surface area is 70.9 Å². The molecule has 1 rings (SSSR count). The van der Waals surface area contributed by atoms with Crippen molar-refractivity contribution in [3.05, 3.63) is 0 Å². The number of cyclic esters (lactones) is 2. The molecule has 2 atom stereocenters. The number of carbonyl (C=O) groups is 1. The second kappa shape index (κ2) is 3.92. The normalized spacial score (nSPS) is 25.2. The first kappa shape index (κ1) is 9.55. The minimum atomic E-state index is -2.32. The Hall–Kier alpha value is -0.540. The third-order valence-corrected chi connectivity index (χ3v) is 2.72. The van der Waals surface area contributed by atoms with Gasteiger partial charge >= 0.3 is 6.16 Å². The fourth-order valence-electron chi connectivity index (χ4n) is 0.752. The second-order valence-corrected chi connectivity index (χ2v) is 4.17. The lowest BCUT2D eigenvalue weighted by Crippen LogP contribution is -2.08.